The van der Waals surface area contributed by atoms with Crippen LogP contribution in [0.25, 0.3) is 0 Å². The van der Waals surface area contributed by atoms with E-state index in [1.54, 1.807) is 13.8 Å². The minimum atomic E-state index is -1.21. The first kappa shape index (κ1) is 18.0. The molecule has 0 saturated carbocycles. The van der Waals surface area contributed by atoms with Gasteiger partial charge in [0.2, 0.25) is 0 Å². The van der Waals surface area contributed by atoms with Crippen LogP contribution in [0.5, 0.6) is 0 Å². The molecule has 9 atom stereocenters. The fourth-order valence-corrected chi connectivity index (χ4v) is 3.01. The monoisotopic (exact) mass is 322 g/mol. The van der Waals surface area contributed by atoms with Gasteiger partial charge >= 0.3 is 0 Å². The van der Waals surface area contributed by atoms with Gasteiger partial charge in [0.1, 0.15) is 24.4 Å². The normalized spacial score (nSPS) is 50.0. The number of hydrogen-bond acceptors (Lipinski definition) is 8. The number of hydrogen-bond donors (Lipinski definition) is 5. The third-order valence-corrected chi connectivity index (χ3v) is 4.39. The average molecular weight is 322 g/mol. The fourth-order valence-electron chi connectivity index (χ4n) is 3.01. The highest BCUT2D eigenvalue weighted by molar-refractivity contribution is 4.90. The van der Waals surface area contributed by atoms with E-state index in [1.165, 1.54) is 0 Å². The third kappa shape index (κ3) is 3.60. The van der Waals surface area contributed by atoms with E-state index in [0.717, 1.165) is 0 Å². The molecule has 8 nitrogen and oxygen atoms in total. The zero-order valence-corrected chi connectivity index (χ0v) is 12.8. The Labute approximate surface area is 129 Å². The van der Waals surface area contributed by atoms with Crippen LogP contribution >= 0.6 is 0 Å². The summed E-state index contributed by atoms with van der Waals surface area (Å²) in [7, 11) is 0. The summed E-state index contributed by atoms with van der Waals surface area (Å²) in [5, 5.41) is 48.6. The highest BCUT2D eigenvalue weighted by atomic mass is 16.7. The first-order chi connectivity index (χ1) is 10.4. The summed E-state index contributed by atoms with van der Waals surface area (Å²) in [5.41, 5.74) is 0. The average Bonchev–Trinajstić information content (AvgIpc) is 2.49. The van der Waals surface area contributed by atoms with Gasteiger partial charge in [-0.05, 0) is 6.92 Å². The Balaban J connectivity index is 2.07. The molecule has 2 aliphatic rings. The maximum Gasteiger partial charge on any atom is 0.163 e. The molecule has 130 valence electrons. The zero-order valence-electron chi connectivity index (χ0n) is 12.8. The molecule has 2 fully saturated rings. The summed E-state index contributed by atoms with van der Waals surface area (Å²) in [4.78, 5) is 0. The predicted molar refractivity (Wildman–Crippen MR) is 73.8 cm³/mol. The molecule has 2 saturated heterocycles. The van der Waals surface area contributed by atoms with Crippen LogP contribution < -0.4 is 0 Å². The van der Waals surface area contributed by atoms with Crippen molar-refractivity contribution in [2.45, 2.75) is 69.3 Å². The van der Waals surface area contributed by atoms with Crippen molar-refractivity contribution in [1.29, 1.82) is 0 Å². The number of ether oxygens (including phenoxy) is 3. The predicted octanol–water partition coefficient (Wildman–Crippen LogP) is -2.02. The molecule has 0 spiro atoms. The topological polar surface area (TPSA) is 129 Å². The second-order valence-electron chi connectivity index (χ2n) is 6.14. The molecule has 0 aromatic carbocycles. The van der Waals surface area contributed by atoms with Gasteiger partial charge in [0.15, 0.2) is 6.29 Å². The van der Waals surface area contributed by atoms with Crippen LogP contribution in [-0.4, -0.2) is 87.8 Å². The molecule has 0 aromatic rings. The standard InChI is InChI=1S/C14H26O8/c1-6-3-8(17)13(10(5-16)20-6)22-14-7(2)11(18)12(19)9(4-15)21-14/h6-19H,3-5H2,1-2H3/t6-,7-,8?,9?,10?,11?,12+,13-,14-/m0/s1. The first-order valence-electron chi connectivity index (χ1n) is 7.61. The smallest absolute Gasteiger partial charge is 0.163 e. The summed E-state index contributed by atoms with van der Waals surface area (Å²) < 4.78 is 16.7. The van der Waals surface area contributed by atoms with Crippen LogP contribution in [-0.2, 0) is 14.2 Å². The minimum absolute atomic E-state index is 0.200. The Kier molecular flexibility index (Phi) is 6.14. The Morgan fingerprint density at radius 3 is 2.18 bits per heavy atom. The Bertz CT molecular complexity index is 352. The van der Waals surface area contributed by atoms with Gasteiger partial charge in [-0.15, -0.1) is 0 Å². The number of rotatable bonds is 4. The van der Waals surface area contributed by atoms with E-state index >= 15 is 0 Å². The Morgan fingerprint density at radius 2 is 1.59 bits per heavy atom. The lowest BCUT2D eigenvalue weighted by Crippen LogP contribution is -2.59. The van der Waals surface area contributed by atoms with Gasteiger partial charge in [0.25, 0.3) is 0 Å². The van der Waals surface area contributed by atoms with Gasteiger partial charge in [0, 0.05) is 12.3 Å². The lowest BCUT2D eigenvalue weighted by atomic mass is 9.92. The van der Waals surface area contributed by atoms with Gasteiger partial charge in [-0.25, -0.2) is 0 Å². The SMILES string of the molecule is C[C@H]1CC(O)[C@H](O[C@@H]2OC(CO)[C@@H](O)C(O)[C@@H]2C)C(CO)O1. The second-order valence-corrected chi connectivity index (χ2v) is 6.14. The molecule has 0 aromatic heterocycles. The summed E-state index contributed by atoms with van der Waals surface area (Å²) >= 11 is 0. The van der Waals surface area contributed by atoms with Crippen LogP contribution in [0.15, 0.2) is 0 Å². The Hall–Kier alpha value is -0.320. The molecule has 8 heteroatoms. The van der Waals surface area contributed by atoms with E-state index in [1.807, 2.05) is 0 Å². The summed E-state index contributed by atoms with van der Waals surface area (Å²) in [5.74, 6) is -0.566. The number of aliphatic hydroxyl groups is 5. The fraction of sp³-hybridized carbons (Fsp3) is 1.00. The van der Waals surface area contributed by atoms with Gasteiger partial charge in [-0.2, -0.15) is 0 Å². The summed E-state index contributed by atoms with van der Waals surface area (Å²) in [6, 6.07) is 0. The first-order valence-corrected chi connectivity index (χ1v) is 7.61. The molecule has 2 aliphatic heterocycles. The maximum absolute atomic E-state index is 10.2. The van der Waals surface area contributed by atoms with Crippen molar-refractivity contribution < 1.29 is 39.7 Å². The molecular weight excluding hydrogens is 296 g/mol. The summed E-state index contributed by atoms with van der Waals surface area (Å²) in [6.45, 7) is 2.65. The van der Waals surface area contributed by atoms with Crippen LogP contribution in [0.4, 0.5) is 0 Å². The van der Waals surface area contributed by atoms with E-state index in [4.69, 9.17) is 14.2 Å². The van der Waals surface area contributed by atoms with Crippen LogP contribution in [0.2, 0.25) is 0 Å². The van der Waals surface area contributed by atoms with Crippen molar-refractivity contribution in [1.82, 2.24) is 0 Å². The quantitative estimate of drug-likeness (QED) is 0.401. The lowest BCUT2D eigenvalue weighted by Gasteiger charge is -2.45. The minimum Gasteiger partial charge on any atom is -0.394 e. The van der Waals surface area contributed by atoms with Gasteiger partial charge < -0.3 is 39.7 Å². The van der Waals surface area contributed by atoms with E-state index in [9.17, 15) is 25.5 Å². The molecule has 0 radical (unpaired) electrons. The molecule has 0 amide bonds. The highest BCUT2D eigenvalue weighted by Crippen LogP contribution is 2.31. The molecule has 5 N–H and O–H groups in total. The van der Waals surface area contributed by atoms with Crippen LogP contribution in [0.1, 0.15) is 20.3 Å². The van der Waals surface area contributed by atoms with Crippen LogP contribution in [0.3, 0.4) is 0 Å². The largest absolute Gasteiger partial charge is 0.394 e. The van der Waals surface area contributed by atoms with Crippen molar-refractivity contribution in [3.8, 4) is 0 Å². The van der Waals surface area contributed by atoms with Crippen molar-refractivity contribution in [2.24, 2.45) is 5.92 Å². The lowest BCUT2D eigenvalue weighted by molar-refractivity contribution is -0.320. The van der Waals surface area contributed by atoms with Crippen molar-refractivity contribution in [3.63, 3.8) is 0 Å². The van der Waals surface area contributed by atoms with Crippen LogP contribution in [0, 0.1) is 5.92 Å². The summed E-state index contributed by atoms with van der Waals surface area (Å²) in [6.07, 6.45) is -6.42. The van der Waals surface area contributed by atoms with E-state index in [-0.39, 0.29) is 12.7 Å². The van der Waals surface area contributed by atoms with E-state index in [2.05, 4.69) is 0 Å². The van der Waals surface area contributed by atoms with Crippen molar-refractivity contribution >= 4 is 0 Å². The van der Waals surface area contributed by atoms with Gasteiger partial charge in [0.05, 0.1) is 31.5 Å². The third-order valence-electron chi connectivity index (χ3n) is 4.39. The molecular formula is C14H26O8. The molecule has 22 heavy (non-hydrogen) atoms. The van der Waals surface area contributed by atoms with Gasteiger partial charge in [-0.3, -0.25) is 0 Å². The van der Waals surface area contributed by atoms with Crippen molar-refractivity contribution in [3.05, 3.63) is 0 Å². The molecule has 0 bridgehead atoms. The van der Waals surface area contributed by atoms with Gasteiger partial charge in [-0.1, -0.05) is 6.92 Å². The van der Waals surface area contributed by atoms with Crippen molar-refractivity contribution in [2.75, 3.05) is 13.2 Å². The zero-order chi connectivity index (χ0) is 16.4. The highest BCUT2D eigenvalue weighted by Gasteiger charge is 2.46. The molecule has 4 unspecified atom stereocenters. The molecule has 2 rings (SSSR count). The molecule has 2 heterocycles. The Morgan fingerprint density at radius 1 is 0.955 bits per heavy atom. The second kappa shape index (κ2) is 7.50. The maximum atomic E-state index is 10.2. The van der Waals surface area contributed by atoms with E-state index < -0.39 is 55.4 Å². The number of aliphatic hydroxyl groups excluding tert-OH is 5. The molecule has 0 aliphatic carbocycles. The van der Waals surface area contributed by atoms with E-state index in [0.29, 0.717) is 6.42 Å².